The number of imide groups is 1. The Labute approximate surface area is 251 Å². The van der Waals surface area contributed by atoms with Crippen LogP contribution in [-0.2, 0) is 35.8 Å². The number of nitrogens with zero attached hydrogens (tertiary/aromatic N) is 2. The number of nitrogens with one attached hydrogen (secondary N) is 4. The third-order valence-corrected chi connectivity index (χ3v) is 7.51. The molecule has 0 spiro atoms. The van der Waals surface area contributed by atoms with Crippen molar-refractivity contribution >= 4 is 62.8 Å². The fraction of sp³-hybridized carbons (Fsp3) is 0.226. The summed E-state index contributed by atoms with van der Waals surface area (Å²) in [5, 5.41) is 11.3. The first-order valence-electron chi connectivity index (χ1n) is 13.9. The van der Waals surface area contributed by atoms with E-state index < -0.39 is 60.6 Å². The highest BCUT2D eigenvalue weighted by Gasteiger charge is 2.39. The van der Waals surface area contributed by atoms with E-state index in [4.69, 9.17) is 5.73 Å². The van der Waals surface area contributed by atoms with Crippen LogP contribution in [-0.4, -0.2) is 63.7 Å². The van der Waals surface area contributed by atoms with Crippen molar-refractivity contribution < 1.29 is 28.8 Å². The highest BCUT2D eigenvalue weighted by molar-refractivity contribution is 6.37. The van der Waals surface area contributed by atoms with Gasteiger partial charge < -0.3 is 30.8 Å². The zero-order chi connectivity index (χ0) is 31.5. The Balaban J connectivity index is 1.43. The second kappa shape index (κ2) is 12.3. The number of carbonyl (C=O) groups excluding carboxylic acids is 6. The monoisotopic (exact) mass is 597 g/mol. The molecule has 6 amide bonds. The Morgan fingerprint density at radius 1 is 0.864 bits per heavy atom. The van der Waals surface area contributed by atoms with Crippen LogP contribution in [0.5, 0.6) is 0 Å². The minimum atomic E-state index is -0.909. The topological polar surface area (TPSA) is 186 Å². The summed E-state index contributed by atoms with van der Waals surface area (Å²) in [6.45, 7) is 0.538. The van der Waals surface area contributed by atoms with Crippen LogP contribution < -0.4 is 27.0 Å². The first-order valence-corrected chi connectivity index (χ1v) is 13.9. The van der Waals surface area contributed by atoms with Gasteiger partial charge in [0.15, 0.2) is 0 Å². The van der Waals surface area contributed by atoms with Gasteiger partial charge in [-0.05, 0) is 30.5 Å². The molecule has 1 unspecified atom stereocenters. The van der Waals surface area contributed by atoms with Crippen molar-refractivity contribution in [2.45, 2.75) is 25.4 Å². The molecule has 2 aromatic carbocycles. The maximum Gasteiger partial charge on any atom is 0.259 e. The highest BCUT2D eigenvalue weighted by Crippen LogP contribution is 2.38. The highest BCUT2D eigenvalue weighted by atomic mass is 16.2. The smallest absolute Gasteiger partial charge is 0.259 e. The summed E-state index contributed by atoms with van der Waals surface area (Å²) in [7, 11) is 1.85. The molecule has 0 saturated heterocycles. The Bertz CT molecular complexity index is 1870. The number of fused-ring (bicyclic) bond motifs is 2. The normalized spacial score (nSPS) is 14.4. The van der Waals surface area contributed by atoms with Crippen LogP contribution in [0.2, 0.25) is 0 Å². The average molecular weight is 598 g/mol. The summed E-state index contributed by atoms with van der Waals surface area (Å²) in [6, 6.07) is 15.0. The van der Waals surface area contributed by atoms with Gasteiger partial charge in [0.2, 0.25) is 23.6 Å². The summed E-state index contributed by atoms with van der Waals surface area (Å²) >= 11 is 0. The largest absolute Gasteiger partial charge is 0.368 e. The minimum absolute atomic E-state index is 0.132. The molecule has 5 rings (SSSR count). The van der Waals surface area contributed by atoms with Crippen LogP contribution in [0.25, 0.3) is 27.4 Å². The van der Waals surface area contributed by atoms with Gasteiger partial charge >= 0.3 is 0 Å². The van der Waals surface area contributed by atoms with E-state index >= 15 is 0 Å². The van der Waals surface area contributed by atoms with Crippen LogP contribution in [0.1, 0.15) is 24.9 Å². The third-order valence-electron chi connectivity index (χ3n) is 7.51. The van der Waals surface area contributed by atoms with E-state index in [1.807, 2.05) is 66.2 Å². The van der Waals surface area contributed by atoms with Gasteiger partial charge in [0.25, 0.3) is 11.8 Å². The Morgan fingerprint density at radius 2 is 1.52 bits per heavy atom. The number of rotatable bonds is 11. The van der Waals surface area contributed by atoms with Crippen molar-refractivity contribution in [3.05, 3.63) is 78.1 Å². The molecule has 4 aromatic rings. The molecule has 0 fully saturated rings. The number of aryl methyl sites for hydroxylation is 1. The average Bonchev–Trinajstić information content (AvgIpc) is 3.66. The van der Waals surface area contributed by atoms with Gasteiger partial charge in [-0.2, -0.15) is 0 Å². The zero-order valence-electron chi connectivity index (χ0n) is 24.0. The molecule has 1 aliphatic rings. The van der Waals surface area contributed by atoms with Crippen LogP contribution in [0.15, 0.2) is 72.6 Å². The SMILES string of the molecule is C[C@H](NC(=O)CNC(=O)CNC(=O)CC(C1=C(c2cn(C)c3ccccc23)C(=O)NC1=O)n1ccc2ccccc21)C(N)=O. The van der Waals surface area contributed by atoms with E-state index in [1.165, 1.54) is 6.92 Å². The first kappa shape index (κ1) is 29.8. The molecule has 0 bridgehead atoms. The van der Waals surface area contributed by atoms with E-state index in [0.717, 1.165) is 21.8 Å². The minimum Gasteiger partial charge on any atom is -0.368 e. The van der Waals surface area contributed by atoms with Gasteiger partial charge in [0.05, 0.1) is 36.7 Å². The number of nitrogens with two attached hydrogens (primary N) is 1. The van der Waals surface area contributed by atoms with E-state index in [9.17, 15) is 28.8 Å². The molecule has 2 aromatic heterocycles. The Hall–Kier alpha value is -5.72. The van der Waals surface area contributed by atoms with Gasteiger partial charge in [0, 0.05) is 41.4 Å². The van der Waals surface area contributed by atoms with Crippen LogP contribution >= 0.6 is 0 Å². The lowest BCUT2D eigenvalue weighted by Gasteiger charge is -2.21. The molecular formula is C31H31N7O6. The molecule has 3 heterocycles. The predicted octanol–water partition coefficient (Wildman–Crippen LogP) is 0.397. The summed E-state index contributed by atoms with van der Waals surface area (Å²) in [4.78, 5) is 75.4. The van der Waals surface area contributed by atoms with E-state index in [2.05, 4.69) is 21.3 Å². The van der Waals surface area contributed by atoms with Crippen molar-refractivity contribution in [2.24, 2.45) is 12.8 Å². The number of hydrogen-bond acceptors (Lipinski definition) is 6. The number of aromatic nitrogens is 2. The molecule has 226 valence electrons. The maximum absolute atomic E-state index is 13.4. The quantitative estimate of drug-likeness (QED) is 0.156. The number of benzene rings is 2. The van der Waals surface area contributed by atoms with Crippen LogP contribution in [0.3, 0.4) is 0 Å². The maximum atomic E-state index is 13.4. The lowest BCUT2D eigenvalue weighted by molar-refractivity contribution is -0.129. The third kappa shape index (κ3) is 5.93. The van der Waals surface area contributed by atoms with Crippen LogP contribution in [0.4, 0.5) is 0 Å². The molecule has 0 saturated carbocycles. The fourth-order valence-electron chi connectivity index (χ4n) is 5.34. The molecule has 0 aliphatic carbocycles. The zero-order valence-corrected chi connectivity index (χ0v) is 24.0. The molecule has 0 radical (unpaired) electrons. The molecular weight excluding hydrogens is 566 g/mol. The Kier molecular flexibility index (Phi) is 8.29. The fourth-order valence-corrected chi connectivity index (χ4v) is 5.34. The van der Waals surface area contributed by atoms with Crippen molar-refractivity contribution in [1.82, 2.24) is 30.4 Å². The standard InChI is InChI=1S/C31H31N7O6/c1-17(29(32)42)35-26(41)15-34-25(40)14-33-24(39)13-23(38-12-11-18-7-3-5-9-21(18)38)28-27(30(43)36-31(28)44)20-16-37(2)22-10-6-4-8-19(20)22/h3-12,16-17,23H,13-15H2,1-2H3,(H2,32,42)(H,33,39)(H,34,40)(H,35,41)(H,36,43,44)/t17-,23?/m0/s1. The molecule has 2 atom stereocenters. The summed E-state index contributed by atoms with van der Waals surface area (Å²) in [6.07, 6.45) is 3.27. The molecule has 44 heavy (non-hydrogen) atoms. The summed E-state index contributed by atoms with van der Waals surface area (Å²) < 4.78 is 3.64. The first-order chi connectivity index (χ1) is 21.0. The lowest BCUT2D eigenvalue weighted by atomic mass is 9.94. The second-order valence-electron chi connectivity index (χ2n) is 10.5. The van der Waals surface area contributed by atoms with Crippen molar-refractivity contribution in [3.63, 3.8) is 0 Å². The van der Waals surface area contributed by atoms with Crippen molar-refractivity contribution in [3.8, 4) is 0 Å². The number of para-hydroxylation sites is 2. The Morgan fingerprint density at radius 3 is 2.27 bits per heavy atom. The van der Waals surface area contributed by atoms with E-state index in [-0.39, 0.29) is 17.6 Å². The molecule has 13 heteroatoms. The van der Waals surface area contributed by atoms with E-state index in [0.29, 0.717) is 5.56 Å². The number of carbonyl (C=O) groups is 6. The van der Waals surface area contributed by atoms with Gasteiger partial charge in [0.1, 0.15) is 6.04 Å². The van der Waals surface area contributed by atoms with Crippen molar-refractivity contribution in [1.29, 1.82) is 0 Å². The number of primary amides is 1. The van der Waals surface area contributed by atoms with Gasteiger partial charge in [-0.3, -0.25) is 34.1 Å². The van der Waals surface area contributed by atoms with Gasteiger partial charge in [-0.15, -0.1) is 0 Å². The summed E-state index contributed by atoms with van der Waals surface area (Å²) in [5.41, 5.74) is 7.60. The van der Waals surface area contributed by atoms with Crippen LogP contribution in [0, 0.1) is 0 Å². The van der Waals surface area contributed by atoms with Gasteiger partial charge in [-0.25, -0.2) is 0 Å². The lowest BCUT2D eigenvalue weighted by Crippen LogP contribution is -2.47. The number of amides is 6. The molecule has 1 aliphatic heterocycles. The molecule has 13 nitrogen and oxygen atoms in total. The molecule has 6 N–H and O–H groups in total. The second-order valence-corrected chi connectivity index (χ2v) is 10.5. The van der Waals surface area contributed by atoms with E-state index in [1.54, 1.807) is 17.0 Å². The number of hydrogen-bond donors (Lipinski definition) is 5. The summed E-state index contributed by atoms with van der Waals surface area (Å²) in [5.74, 6) is -3.73. The predicted molar refractivity (Wildman–Crippen MR) is 161 cm³/mol. The van der Waals surface area contributed by atoms with Crippen molar-refractivity contribution in [2.75, 3.05) is 13.1 Å². The van der Waals surface area contributed by atoms with Gasteiger partial charge in [-0.1, -0.05) is 36.4 Å².